The second kappa shape index (κ2) is 12.5. The highest BCUT2D eigenvalue weighted by atomic mass is 31.1. The fourth-order valence-corrected chi connectivity index (χ4v) is 6.71. The average Bonchev–Trinajstić information content (AvgIpc) is 2.82. The fraction of sp³-hybridized carbons (Fsp3) is 0.333. The number of carbonyl (C=O) groups excluding carboxylic acids is 2. The van der Waals surface area contributed by atoms with Gasteiger partial charge in [-0.25, -0.2) is 0 Å². The molecule has 0 saturated carbocycles. The molecule has 0 bridgehead atoms. The molecule has 0 radical (unpaired) electrons. The molecule has 1 atom stereocenters. The number of allylic oxidation sites excluding steroid dienone is 1. The summed E-state index contributed by atoms with van der Waals surface area (Å²) in [7, 11) is -0.917. The molecular weight excluding hydrogens is 491 g/mol. The summed E-state index contributed by atoms with van der Waals surface area (Å²) in [6.07, 6.45) is 3.68. The molecule has 38 heavy (non-hydrogen) atoms. The number of rotatable bonds is 8. The van der Waals surface area contributed by atoms with Gasteiger partial charge in [-0.3, -0.25) is 9.59 Å². The van der Waals surface area contributed by atoms with E-state index in [-0.39, 0.29) is 5.66 Å². The Balaban J connectivity index is 2.15. The highest BCUT2D eigenvalue weighted by Crippen LogP contribution is 2.50. The molecule has 0 aliphatic carbocycles. The molecule has 1 unspecified atom stereocenters. The van der Waals surface area contributed by atoms with E-state index in [1.807, 2.05) is 24.3 Å². The van der Waals surface area contributed by atoms with Crippen molar-refractivity contribution in [1.82, 2.24) is 0 Å². The van der Waals surface area contributed by atoms with Crippen molar-refractivity contribution in [3.8, 4) is 0 Å². The molecule has 3 aromatic carbocycles. The van der Waals surface area contributed by atoms with Crippen molar-refractivity contribution in [1.29, 1.82) is 0 Å². The smallest absolute Gasteiger partial charge is 0.324 e. The van der Waals surface area contributed by atoms with Crippen LogP contribution >= 0.6 is 7.92 Å². The van der Waals surface area contributed by atoms with Crippen LogP contribution in [-0.4, -0.2) is 23.1 Å². The van der Waals surface area contributed by atoms with Crippen LogP contribution in [0, 0.1) is 12.8 Å². The van der Waals surface area contributed by atoms with Gasteiger partial charge < -0.3 is 9.47 Å². The molecule has 0 amide bonds. The molecule has 3 rings (SSSR count). The first kappa shape index (κ1) is 29.3. The predicted octanol–water partition coefficient (Wildman–Crippen LogP) is 7.02. The van der Waals surface area contributed by atoms with Crippen LogP contribution in [-0.2, 0) is 19.1 Å². The molecule has 0 aromatic heterocycles. The maximum absolute atomic E-state index is 13.2. The molecule has 0 fully saturated rings. The number of hydrogen-bond acceptors (Lipinski definition) is 4. The number of ether oxygens (including phenoxy) is 2. The topological polar surface area (TPSA) is 52.6 Å². The standard InChI is InChI=1S/C33H39O4P/c1-24-15-14-16-25(23-24)29(38(26-17-10-8-11-18-26)27-19-12-9-13-20-27)22-21-28(30(34)36-32(2,3)4)31(35)37-33(5,6)7/h8-23,28-29H,1-7H3/b22-21+. The molecule has 0 aliphatic heterocycles. The summed E-state index contributed by atoms with van der Waals surface area (Å²) in [5.74, 6) is -2.41. The molecule has 0 saturated heterocycles. The van der Waals surface area contributed by atoms with E-state index >= 15 is 0 Å². The summed E-state index contributed by atoms with van der Waals surface area (Å²) in [5.41, 5.74) is 0.700. The lowest BCUT2D eigenvalue weighted by atomic mass is 10.0. The van der Waals surface area contributed by atoms with Gasteiger partial charge in [-0.2, -0.15) is 0 Å². The van der Waals surface area contributed by atoms with E-state index in [0.717, 1.165) is 11.1 Å². The highest BCUT2D eigenvalue weighted by Gasteiger charge is 2.34. The van der Waals surface area contributed by atoms with Crippen LogP contribution in [0.15, 0.2) is 97.1 Å². The Kier molecular flexibility index (Phi) is 9.68. The van der Waals surface area contributed by atoms with Crippen LogP contribution in [0.2, 0.25) is 0 Å². The largest absolute Gasteiger partial charge is 0.459 e. The summed E-state index contributed by atoms with van der Waals surface area (Å²) < 4.78 is 11.3. The molecular formula is C33H39O4P. The third-order valence-electron chi connectivity index (χ3n) is 5.54. The first-order valence-electron chi connectivity index (χ1n) is 12.9. The van der Waals surface area contributed by atoms with Gasteiger partial charge in [-0.15, -0.1) is 0 Å². The zero-order valence-electron chi connectivity index (χ0n) is 23.5. The SMILES string of the molecule is Cc1cccc(C(/C=C/C(C(=O)OC(C)(C)C)C(=O)OC(C)(C)C)P(c2ccccc2)c2ccccc2)c1. The van der Waals surface area contributed by atoms with E-state index in [9.17, 15) is 9.59 Å². The average molecular weight is 531 g/mol. The first-order chi connectivity index (χ1) is 17.8. The van der Waals surface area contributed by atoms with Crippen molar-refractivity contribution in [3.05, 3.63) is 108 Å². The third-order valence-corrected chi connectivity index (χ3v) is 8.27. The predicted molar refractivity (Wildman–Crippen MR) is 157 cm³/mol. The van der Waals surface area contributed by atoms with Gasteiger partial charge in [0.05, 0.1) is 0 Å². The van der Waals surface area contributed by atoms with Crippen molar-refractivity contribution in [2.75, 3.05) is 0 Å². The van der Waals surface area contributed by atoms with Crippen molar-refractivity contribution in [2.24, 2.45) is 5.92 Å². The van der Waals surface area contributed by atoms with Crippen molar-refractivity contribution in [2.45, 2.75) is 65.3 Å². The van der Waals surface area contributed by atoms with E-state index in [1.54, 1.807) is 47.6 Å². The molecule has 200 valence electrons. The zero-order valence-corrected chi connectivity index (χ0v) is 24.4. The number of hydrogen-bond donors (Lipinski definition) is 0. The van der Waals surface area contributed by atoms with Gasteiger partial charge in [0.1, 0.15) is 11.2 Å². The van der Waals surface area contributed by atoms with Gasteiger partial charge in [-0.05, 0) is 72.6 Å². The van der Waals surface area contributed by atoms with Crippen LogP contribution < -0.4 is 10.6 Å². The zero-order chi connectivity index (χ0) is 27.9. The number of aryl methyl sites for hydroxylation is 1. The third kappa shape index (κ3) is 8.67. The normalized spacial score (nSPS) is 13.1. The lowest BCUT2D eigenvalue weighted by molar-refractivity contribution is -0.171. The molecule has 5 heteroatoms. The summed E-state index contributed by atoms with van der Waals surface area (Å²) >= 11 is 0. The van der Waals surface area contributed by atoms with Crippen LogP contribution in [0.1, 0.15) is 58.3 Å². The van der Waals surface area contributed by atoms with Gasteiger partial charge in [0.15, 0.2) is 5.92 Å². The van der Waals surface area contributed by atoms with Gasteiger partial charge >= 0.3 is 11.9 Å². The van der Waals surface area contributed by atoms with Gasteiger partial charge in [0, 0.05) is 5.66 Å². The second-order valence-corrected chi connectivity index (χ2v) is 13.7. The minimum absolute atomic E-state index is 0.0953. The summed E-state index contributed by atoms with van der Waals surface area (Å²) in [6, 6.07) is 29.2. The van der Waals surface area contributed by atoms with Crippen LogP contribution in [0.25, 0.3) is 0 Å². The number of esters is 2. The minimum atomic E-state index is -1.18. The van der Waals surface area contributed by atoms with E-state index in [1.165, 1.54) is 10.6 Å². The molecule has 0 spiro atoms. The van der Waals surface area contributed by atoms with E-state index in [0.29, 0.717) is 0 Å². The maximum atomic E-state index is 13.2. The van der Waals surface area contributed by atoms with E-state index in [4.69, 9.17) is 9.47 Å². The van der Waals surface area contributed by atoms with E-state index in [2.05, 4.69) is 73.7 Å². The monoisotopic (exact) mass is 530 g/mol. The van der Waals surface area contributed by atoms with Gasteiger partial charge in [-0.1, -0.05) is 103 Å². The van der Waals surface area contributed by atoms with Crippen molar-refractivity contribution >= 4 is 30.5 Å². The summed E-state index contributed by atoms with van der Waals surface area (Å²) in [4.78, 5) is 26.5. The molecule has 3 aromatic rings. The number of benzene rings is 3. The Labute approximate surface area is 228 Å². The second-order valence-electron chi connectivity index (χ2n) is 11.3. The summed E-state index contributed by atoms with van der Waals surface area (Å²) in [5, 5.41) is 2.41. The Morgan fingerprint density at radius 2 is 1.16 bits per heavy atom. The Hall–Kier alpha value is -3.23. The lowest BCUT2D eigenvalue weighted by Gasteiger charge is -2.28. The highest BCUT2D eigenvalue weighted by molar-refractivity contribution is 7.73. The van der Waals surface area contributed by atoms with Crippen molar-refractivity contribution in [3.63, 3.8) is 0 Å². The molecule has 4 nitrogen and oxygen atoms in total. The number of carbonyl (C=O) groups is 2. The van der Waals surface area contributed by atoms with E-state index < -0.39 is 37.0 Å². The molecule has 0 N–H and O–H groups in total. The quantitative estimate of drug-likeness (QED) is 0.136. The lowest BCUT2D eigenvalue weighted by Crippen LogP contribution is -2.36. The maximum Gasteiger partial charge on any atom is 0.324 e. The van der Waals surface area contributed by atoms with Crippen LogP contribution in [0.5, 0.6) is 0 Å². The minimum Gasteiger partial charge on any atom is -0.459 e. The molecule has 0 aliphatic rings. The Morgan fingerprint density at radius 3 is 1.58 bits per heavy atom. The Morgan fingerprint density at radius 1 is 0.684 bits per heavy atom. The van der Waals surface area contributed by atoms with Crippen LogP contribution in [0.3, 0.4) is 0 Å². The van der Waals surface area contributed by atoms with Gasteiger partial charge in [0.2, 0.25) is 0 Å². The van der Waals surface area contributed by atoms with Gasteiger partial charge in [0.25, 0.3) is 0 Å². The van der Waals surface area contributed by atoms with Crippen molar-refractivity contribution < 1.29 is 19.1 Å². The van der Waals surface area contributed by atoms with Crippen LogP contribution in [0.4, 0.5) is 0 Å². The first-order valence-corrected chi connectivity index (χ1v) is 14.3. The molecule has 0 heterocycles. The summed E-state index contributed by atoms with van der Waals surface area (Å²) in [6.45, 7) is 12.8. The Bertz CT molecular complexity index is 1170. The fourth-order valence-electron chi connectivity index (χ4n) is 4.05.